The van der Waals surface area contributed by atoms with E-state index in [-0.39, 0.29) is 42.0 Å². The van der Waals surface area contributed by atoms with Crippen LogP contribution in [0.3, 0.4) is 0 Å². The van der Waals surface area contributed by atoms with Gasteiger partial charge in [0.05, 0.1) is 12.0 Å². The standard InChI is InChI=1S/C33H41FN4O4/c1-23-10-11-26(20-27(23)34)35-30(39)22-38-16-12-28-25(21-38)9-5-6-13-33(14-17-42-18-15-33)32(41)37-29(31(40)36-28)19-24-7-3-2-4-8-24/h2-8,10-11,20,25,28-29H,9,12-19,21-22H2,1H3,(H,35,39)(H,36,40)(H,37,41)/b6-5+/t25-,28+,29-/m1/s1. The van der Waals surface area contributed by atoms with E-state index in [0.29, 0.717) is 69.7 Å². The van der Waals surface area contributed by atoms with E-state index in [4.69, 9.17) is 4.74 Å². The second kappa shape index (κ2) is 13.6. The number of likely N-dealkylation sites (tertiary alicyclic amines) is 1. The Bertz CT molecular complexity index is 1290. The summed E-state index contributed by atoms with van der Waals surface area (Å²) in [5.41, 5.74) is 1.35. The molecule has 9 heteroatoms. The number of nitrogens with zero attached hydrogens (tertiary/aromatic N) is 1. The van der Waals surface area contributed by atoms with Crippen molar-refractivity contribution in [3.8, 4) is 0 Å². The van der Waals surface area contributed by atoms with Crippen LogP contribution in [0, 0.1) is 24.1 Å². The van der Waals surface area contributed by atoms with E-state index >= 15 is 0 Å². The average molecular weight is 577 g/mol. The van der Waals surface area contributed by atoms with Gasteiger partial charge in [0.15, 0.2) is 0 Å². The van der Waals surface area contributed by atoms with Crippen LogP contribution in [-0.4, -0.2) is 67.6 Å². The number of amides is 3. The number of nitrogens with one attached hydrogen (secondary N) is 3. The van der Waals surface area contributed by atoms with Gasteiger partial charge in [-0.05, 0) is 68.2 Å². The van der Waals surface area contributed by atoms with Crippen molar-refractivity contribution in [1.82, 2.24) is 15.5 Å². The summed E-state index contributed by atoms with van der Waals surface area (Å²) in [5.74, 6) is -0.716. The van der Waals surface area contributed by atoms with Crippen LogP contribution in [-0.2, 0) is 25.5 Å². The Morgan fingerprint density at radius 2 is 1.88 bits per heavy atom. The summed E-state index contributed by atoms with van der Waals surface area (Å²) in [7, 11) is 0. The third-order valence-corrected chi connectivity index (χ3v) is 8.92. The highest BCUT2D eigenvalue weighted by Crippen LogP contribution is 2.36. The molecule has 2 fully saturated rings. The topological polar surface area (TPSA) is 99.8 Å². The molecule has 3 aliphatic rings. The minimum Gasteiger partial charge on any atom is -0.381 e. The zero-order valence-electron chi connectivity index (χ0n) is 24.2. The van der Waals surface area contributed by atoms with Crippen LogP contribution in [0.15, 0.2) is 60.7 Å². The third kappa shape index (κ3) is 7.44. The molecule has 224 valence electrons. The number of carbonyl (C=O) groups excluding carboxylic acids is 3. The number of piperidine rings is 1. The van der Waals surface area contributed by atoms with E-state index in [1.165, 1.54) is 6.07 Å². The zero-order valence-corrected chi connectivity index (χ0v) is 24.2. The van der Waals surface area contributed by atoms with Crippen LogP contribution < -0.4 is 16.0 Å². The maximum absolute atomic E-state index is 13.9. The second-order valence-corrected chi connectivity index (χ2v) is 11.9. The van der Waals surface area contributed by atoms with Crippen molar-refractivity contribution < 1.29 is 23.5 Å². The molecule has 3 N–H and O–H groups in total. The maximum Gasteiger partial charge on any atom is 0.243 e. The zero-order chi connectivity index (χ0) is 29.5. The number of allylic oxidation sites excluding steroid dienone is 2. The summed E-state index contributed by atoms with van der Waals surface area (Å²) in [4.78, 5) is 42.3. The van der Waals surface area contributed by atoms with Gasteiger partial charge < -0.3 is 20.7 Å². The quantitative estimate of drug-likeness (QED) is 0.471. The molecule has 2 aromatic rings. The van der Waals surface area contributed by atoms with Crippen LogP contribution in [0.25, 0.3) is 0 Å². The van der Waals surface area contributed by atoms with Crippen LogP contribution in [0.5, 0.6) is 0 Å². The van der Waals surface area contributed by atoms with Crippen molar-refractivity contribution in [3.63, 3.8) is 0 Å². The SMILES string of the molecule is Cc1ccc(NC(=O)CN2CC[C@@H]3NC(=O)[C@@H](Cc4ccccc4)NC(=O)C4(C/C=C/C[C@@H]3C2)CCOCC4)cc1F. The monoisotopic (exact) mass is 576 g/mol. The van der Waals surface area contributed by atoms with Crippen molar-refractivity contribution >= 4 is 23.4 Å². The summed E-state index contributed by atoms with van der Waals surface area (Å²) < 4.78 is 19.5. The van der Waals surface area contributed by atoms with Gasteiger partial charge in [-0.3, -0.25) is 19.3 Å². The highest BCUT2D eigenvalue weighted by molar-refractivity contribution is 5.92. The van der Waals surface area contributed by atoms with E-state index in [2.05, 4.69) is 33.0 Å². The Kier molecular flexibility index (Phi) is 9.69. The van der Waals surface area contributed by atoms with E-state index in [9.17, 15) is 18.8 Å². The second-order valence-electron chi connectivity index (χ2n) is 11.9. The molecule has 2 aromatic carbocycles. The highest BCUT2D eigenvalue weighted by Gasteiger charge is 2.41. The van der Waals surface area contributed by atoms with E-state index < -0.39 is 11.5 Å². The molecule has 0 radical (unpaired) electrons. The molecule has 42 heavy (non-hydrogen) atoms. The molecule has 0 bridgehead atoms. The first-order chi connectivity index (χ1) is 20.3. The Morgan fingerprint density at radius 1 is 1.10 bits per heavy atom. The van der Waals surface area contributed by atoms with Gasteiger partial charge in [-0.2, -0.15) is 0 Å². The Morgan fingerprint density at radius 3 is 2.64 bits per heavy atom. The first-order valence-electron chi connectivity index (χ1n) is 15.0. The normalized spacial score (nSPS) is 25.7. The van der Waals surface area contributed by atoms with Gasteiger partial charge in [-0.1, -0.05) is 48.6 Å². The number of ether oxygens (including phenoxy) is 1. The fourth-order valence-corrected chi connectivity index (χ4v) is 6.27. The highest BCUT2D eigenvalue weighted by atomic mass is 19.1. The van der Waals surface area contributed by atoms with Crippen LogP contribution in [0.1, 0.15) is 43.2 Å². The molecule has 8 nitrogen and oxygen atoms in total. The number of carbonyl (C=O) groups is 3. The average Bonchev–Trinajstić information content (AvgIpc) is 2.98. The van der Waals surface area contributed by atoms with Crippen LogP contribution in [0.2, 0.25) is 0 Å². The van der Waals surface area contributed by atoms with E-state index in [0.717, 1.165) is 12.0 Å². The molecule has 0 saturated carbocycles. The summed E-state index contributed by atoms with van der Waals surface area (Å²) in [6, 6.07) is 13.7. The fraction of sp³-hybridized carbons (Fsp3) is 0.485. The lowest BCUT2D eigenvalue weighted by Crippen LogP contribution is -2.58. The molecular weight excluding hydrogens is 535 g/mol. The molecular formula is C33H41FN4O4. The molecule has 3 aliphatic heterocycles. The Labute approximate surface area is 247 Å². The predicted molar refractivity (Wildman–Crippen MR) is 159 cm³/mol. The van der Waals surface area contributed by atoms with E-state index in [1.54, 1.807) is 19.1 Å². The molecule has 0 aromatic heterocycles. The number of hydrogen-bond donors (Lipinski definition) is 3. The van der Waals surface area contributed by atoms with Crippen LogP contribution >= 0.6 is 0 Å². The maximum atomic E-state index is 13.9. The molecule has 3 heterocycles. The first kappa shape index (κ1) is 29.9. The lowest BCUT2D eigenvalue weighted by atomic mass is 9.75. The minimum absolute atomic E-state index is 0.0840. The van der Waals surface area contributed by atoms with Gasteiger partial charge in [0, 0.05) is 44.5 Å². The predicted octanol–water partition coefficient (Wildman–Crippen LogP) is 3.75. The molecule has 0 unspecified atom stereocenters. The minimum atomic E-state index is -0.692. The summed E-state index contributed by atoms with van der Waals surface area (Å²) in [6.45, 7) is 4.19. The lowest BCUT2D eigenvalue weighted by molar-refractivity contribution is -0.140. The van der Waals surface area contributed by atoms with Gasteiger partial charge >= 0.3 is 0 Å². The number of benzene rings is 2. The molecule has 5 rings (SSSR count). The molecule has 1 spiro atoms. The van der Waals surface area contributed by atoms with Crippen molar-refractivity contribution in [1.29, 1.82) is 0 Å². The number of hydrogen-bond acceptors (Lipinski definition) is 5. The summed E-state index contributed by atoms with van der Waals surface area (Å²) in [6.07, 6.45) is 7.87. The smallest absolute Gasteiger partial charge is 0.243 e. The fourth-order valence-electron chi connectivity index (χ4n) is 6.27. The number of anilines is 1. The molecule has 2 saturated heterocycles. The molecule has 3 amide bonds. The number of aryl methyl sites for hydroxylation is 1. The largest absolute Gasteiger partial charge is 0.381 e. The van der Waals surface area contributed by atoms with Gasteiger partial charge in [-0.25, -0.2) is 4.39 Å². The summed E-state index contributed by atoms with van der Waals surface area (Å²) >= 11 is 0. The lowest BCUT2D eigenvalue weighted by Gasteiger charge is -2.40. The third-order valence-electron chi connectivity index (χ3n) is 8.92. The van der Waals surface area contributed by atoms with Crippen molar-refractivity contribution in [2.45, 2.75) is 57.5 Å². The van der Waals surface area contributed by atoms with Gasteiger partial charge in [0.2, 0.25) is 17.7 Å². The Balaban J connectivity index is 1.31. The molecule has 3 atom stereocenters. The number of fused-ring (bicyclic) bond motifs is 1. The Hall–Kier alpha value is -3.56. The first-order valence-corrected chi connectivity index (χ1v) is 15.0. The van der Waals surface area contributed by atoms with Crippen LogP contribution in [0.4, 0.5) is 10.1 Å². The molecule has 0 aliphatic carbocycles. The van der Waals surface area contributed by atoms with E-state index in [1.807, 2.05) is 30.3 Å². The number of halogens is 1. The van der Waals surface area contributed by atoms with Gasteiger partial charge in [-0.15, -0.1) is 0 Å². The van der Waals surface area contributed by atoms with Gasteiger partial charge in [0.1, 0.15) is 11.9 Å². The van der Waals surface area contributed by atoms with Crippen molar-refractivity contribution in [3.05, 3.63) is 77.6 Å². The van der Waals surface area contributed by atoms with Gasteiger partial charge in [0.25, 0.3) is 0 Å². The van der Waals surface area contributed by atoms with Crippen molar-refractivity contribution in [2.24, 2.45) is 11.3 Å². The summed E-state index contributed by atoms with van der Waals surface area (Å²) in [5, 5.41) is 9.19. The number of rotatable bonds is 5. The van der Waals surface area contributed by atoms with Crippen molar-refractivity contribution in [2.75, 3.05) is 38.2 Å².